The van der Waals surface area contributed by atoms with Crippen LogP contribution in [0.3, 0.4) is 0 Å². The molecule has 1 aromatic rings. The van der Waals surface area contributed by atoms with Crippen molar-refractivity contribution < 1.29 is 19.0 Å². The smallest absolute Gasteiger partial charge is 0.329 e. The first-order valence-electron chi connectivity index (χ1n) is 6.18. The van der Waals surface area contributed by atoms with Crippen molar-refractivity contribution in [2.24, 2.45) is 0 Å². The predicted octanol–water partition coefficient (Wildman–Crippen LogP) is 1.37. The van der Waals surface area contributed by atoms with Crippen LogP contribution in [-0.4, -0.2) is 41.3 Å². The fraction of sp³-hybridized carbons (Fsp3) is 0.429. The number of carbonyl (C=O) groups is 1. The lowest BCUT2D eigenvalue weighted by molar-refractivity contribution is -0.165. The van der Waals surface area contributed by atoms with E-state index in [0.717, 1.165) is 5.56 Å². The van der Waals surface area contributed by atoms with Crippen molar-refractivity contribution in [3.63, 3.8) is 0 Å². The Balaban J connectivity index is 1.92. The van der Waals surface area contributed by atoms with Crippen molar-refractivity contribution in [1.29, 1.82) is 5.26 Å². The molecule has 1 aliphatic heterocycles. The van der Waals surface area contributed by atoms with E-state index < -0.39 is 17.4 Å². The van der Waals surface area contributed by atoms with Crippen molar-refractivity contribution in [1.82, 2.24) is 4.90 Å². The molecule has 0 amide bonds. The van der Waals surface area contributed by atoms with Gasteiger partial charge in [-0.3, -0.25) is 4.90 Å². The summed E-state index contributed by atoms with van der Waals surface area (Å²) in [5.74, 6) is -1.42. The third-order valence-electron chi connectivity index (χ3n) is 3.25. The number of hydrogen-bond acceptors (Lipinski definition) is 4. The largest absolute Gasteiger partial charge is 0.480 e. The maximum atomic E-state index is 13.0. The van der Waals surface area contributed by atoms with Crippen LogP contribution in [0.25, 0.3) is 0 Å². The number of nitrogens with zero attached hydrogens (tertiary/aromatic N) is 2. The Hall–Kier alpha value is -1.97. The van der Waals surface area contributed by atoms with Crippen LogP contribution in [0.5, 0.6) is 0 Å². The van der Waals surface area contributed by atoms with Crippen LogP contribution in [-0.2, 0) is 16.1 Å². The number of carboxylic acids is 1. The molecule has 0 aromatic heterocycles. The SMILES string of the molecule is CC1(OCC(=O)O)CN(Cc2ccc(F)cc2C#N)C1. The maximum absolute atomic E-state index is 13.0. The van der Waals surface area contributed by atoms with Crippen LogP contribution in [0.15, 0.2) is 18.2 Å². The average molecular weight is 278 g/mol. The first-order chi connectivity index (χ1) is 9.42. The number of ether oxygens (including phenoxy) is 1. The summed E-state index contributed by atoms with van der Waals surface area (Å²) in [5, 5.41) is 17.6. The monoisotopic (exact) mass is 278 g/mol. The number of nitriles is 1. The van der Waals surface area contributed by atoms with Gasteiger partial charge in [-0.2, -0.15) is 5.26 Å². The molecule has 106 valence electrons. The van der Waals surface area contributed by atoms with Crippen LogP contribution in [0.2, 0.25) is 0 Å². The number of likely N-dealkylation sites (tertiary alicyclic amines) is 1. The Kier molecular flexibility index (Phi) is 4.02. The number of rotatable bonds is 5. The predicted molar refractivity (Wildman–Crippen MR) is 68.4 cm³/mol. The van der Waals surface area contributed by atoms with Crippen molar-refractivity contribution in [2.75, 3.05) is 19.7 Å². The molecule has 2 rings (SSSR count). The Morgan fingerprint density at radius 1 is 1.60 bits per heavy atom. The molecular formula is C14H15FN2O3. The molecule has 0 radical (unpaired) electrons. The van der Waals surface area contributed by atoms with Gasteiger partial charge in [0, 0.05) is 19.6 Å². The van der Waals surface area contributed by atoms with E-state index in [-0.39, 0.29) is 6.61 Å². The van der Waals surface area contributed by atoms with Gasteiger partial charge in [-0.15, -0.1) is 0 Å². The van der Waals surface area contributed by atoms with E-state index >= 15 is 0 Å². The molecule has 1 fully saturated rings. The number of aliphatic carboxylic acids is 1. The number of halogens is 1. The normalized spacial score (nSPS) is 17.2. The van der Waals surface area contributed by atoms with Gasteiger partial charge >= 0.3 is 5.97 Å². The molecule has 1 aliphatic rings. The lowest BCUT2D eigenvalue weighted by atomic mass is 9.95. The Bertz CT molecular complexity index is 562. The van der Waals surface area contributed by atoms with Gasteiger partial charge in [0.2, 0.25) is 0 Å². The molecule has 1 N–H and O–H groups in total. The van der Waals surface area contributed by atoms with Crippen LogP contribution in [0, 0.1) is 17.1 Å². The standard InChI is InChI=1S/C14H15FN2O3/c1-14(20-7-13(18)19)8-17(9-14)6-10-2-3-12(15)4-11(10)5-16/h2-4H,6-9H2,1H3,(H,18,19). The van der Waals surface area contributed by atoms with E-state index in [1.165, 1.54) is 12.1 Å². The number of hydrogen-bond donors (Lipinski definition) is 1. The second-order valence-corrected chi connectivity index (χ2v) is 5.19. The molecule has 6 heteroatoms. The summed E-state index contributed by atoms with van der Waals surface area (Å²) in [4.78, 5) is 12.5. The molecule has 5 nitrogen and oxygen atoms in total. The van der Waals surface area contributed by atoms with Gasteiger partial charge in [0.25, 0.3) is 0 Å². The highest BCUT2D eigenvalue weighted by Crippen LogP contribution is 2.27. The van der Waals surface area contributed by atoms with E-state index in [1.807, 2.05) is 17.9 Å². The molecule has 0 atom stereocenters. The second kappa shape index (κ2) is 5.57. The van der Waals surface area contributed by atoms with Crippen molar-refractivity contribution in [3.05, 3.63) is 35.1 Å². The minimum atomic E-state index is -0.991. The molecule has 0 saturated carbocycles. The lowest BCUT2D eigenvalue weighted by Crippen LogP contribution is -2.61. The van der Waals surface area contributed by atoms with Gasteiger partial charge in [-0.25, -0.2) is 9.18 Å². The first-order valence-corrected chi connectivity index (χ1v) is 6.18. The Labute approximate surface area is 116 Å². The van der Waals surface area contributed by atoms with Crippen LogP contribution < -0.4 is 0 Å². The molecule has 0 aliphatic carbocycles. The van der Waals surface area contributed by atoms with Crippen molar-refractivity contribution in [2.45, 2.75) is 19.1 Å². The molecule has 1 aromatic carbocycles. The summed E-state index contributed by atoms with van der Waals surface area (Å²) in [6, 6.07) is 6.12. The molecule has 0 bridgehead atoms. The molecular weight excluding hydrogens is 263 g/mol. The quantitative estimate of drug-likeness (QED) is 0.880. The van der Waals surface area contributed by atoms with Crippen molar-refractivity contribution in [3.8, 4) is 6.07 Å². The van der Waals surface area contributed by atoms with Gasteiger partial charge in [-0.05, 0) is 24.6 Å². The summed E-state index contributed by atoms with van der Waals surface area (Å²) in [6.07, 6.45) is 0. The third-order valence-corrected chi connectivity index (χ3v) is 3.25. The topological polar surface area (TPSA) is 73.6 Å². The summed E-state index contributed by atoms with van der Waals surface area (Å²) in [7, 11) is 0. The Morgan fingerprint density at radius 3 is 2.90 bits per heavy atom. The zero-order chi connectivity index (χ0) is 14.8. The highest BCUT2D eigenvalue weighted by atomic mass is 19.1. The second-order valence-electron chi connectivity index (χ2n) is 5.19. The Morgan fingerprint density at radius 2 is 2.30 bits per heavy atom. The minimum absolute atomic E-state index is 0.315. The van der Waals surface area contributed by atoms with Gasteiger partial charge in [-0.1, -0.05) is 6.07 Å². The summed E-state index contributed by atoms with van der Waals surface area (Å²) < 4.78 is 18.3. The van der Waals surface area contributed by atoms with Crippen LogP contribution >= 0.6 is 0 Å². The van der Waals surface area contributed by atoms with E-state index in [2.05, 4.69) is 0 Å². The van der Waals surface area contributed by atoms with E-state index in [1.54, 1.807) is 6.07 Å². The van der Waals surface area contributed by atoms with Gasteiger partial charge in [0.15, 0.2) is 0 Å². The molecule has 0 spiro atoms. The zero-order valence-electron chi connectivity index (χ0n) is 11.1. The van der Waals surface area contributed by atoms with E-state index in [9.17, 15) is 9.18 Å². The number of benzene rings is 1. The van der Waals surface area contributed by atoms with Gasteiger partial charge in [0.1, 0.15) is 12.4 Å². The average Bonchev–Trinajstić information content (AvgIpc) is 2.36. The summed E-state index contributed by atoms with van der Waals surface area (Å²) in [5.41, 5.74) is 0.616. The fourth-order valence-electron chi connectivity index (χ4n) is 2.37. The highest BCUT2D eigenvalue weighted by molar-refractivity contribution is 5.68. The highest BCUT2D eigenvalue weighted by Gasteiger charge is 2.40. The van der Waals surface area contributed by atoms with Gasteiger partial charge < -0.3 is 9.84 Å². The summed E-state index contributed by atoms with van der Waals surface area (Å²) >= 11 is 0. The maximum Gasteiger partial charge on any atom is 0.329 e. The van der Waals surface area contributed by atoms with Crippen molar-refractivity contribution >= 4 is 5.97 Å². The molecule has 1 heterocycles. The zero-order valence-corrected chi connectivity index (χ0v) is 11.1. The minimum Gasteiger partial charge on any atom is -0.480 e. The van der Waals surface area contributed by atoms with Crippen LogP contribution in [0.4, 0.5) is 4.39 Å². The third kappa shape index (κ3) is 3.32. The molecule has 1 saturated heterocycles. The number of carboxylic acid groups (broad SMARTS) is 1. The van der Waals surface area contributed by atoms with Gasteiger partial charge in [0.05, 0.1) is 17.2 Å². The summed E-state index contributed by atoms with van der Waals surface area (Å²) in [6.45, 7) is 3.23. The first kappa shape index (κ1) is 14.4. The lowest BCUT2D eigenvalue weighted by Gasteiger charge is -2.47. The van der Waals surface area contributed by atoms with E-state index in [4.69, 9.17) is 15.1 Å². The van der Waals surface area contributed by atoms with Crippen LogP contribution in [0.1, 0.15) is 18.1 Å². The molecule has 0 unspecified atom stereocenters. The van der Waals surface area contributed by atoms with E-state index in [0.29, 0.717) is 25.2 Å². The fourth-order valence-corrected chi connectivity index (χ4v) is 2.37. The molecule has 20 heavy (non-hydrogen) atoms.